The number of carbonyl (C=O) groups is 1. The van der Waals surface area contributed by atoms with Crippen LogP contribution in [0.4, 0.5) is 0 Å². The Morgan fingerprint density at radius 2 is 2.15 bits per heavy atom. The van der Waals surface area contributed by atoms with E-state index in [2.05, 4.69) is 41.2 Å². The van der Waals surface area contributed by atoms with E-state index in [-0.39, 0.29) is 10.7 Å². The first-order valence-corrected chi connectivity index (χ1v) is 8.87. The summed E-state index contributed by atoms with van der Waals surface area (Å²) in [6.07, 6.45) is 0. The van der Waals surface area contributed by atoms with E-state index in [1.807, 2.05) is 0 Å². The van der Waals surface area contributed by atoms with Crippen molar-refractivity contribution in [1.29, 1.82) is 0 Å². The third-order valence-electron chi connectivity index (χ3n) is 3.24. The maximum Gasteiger partial charge on any atom is 0.291 e. The van der Waals surface area contributed by atoms with Gasteiger partial charge in [0.1, 0.15) is 0 Å². The van der Waals surface area contributed by atoms with E-state index in [0.29, 0.717) is 33.1 Å². The van der Waals surface area contributed by atoms with Gasteiger partial charge in [0, 0.05) is 10.6 Å². The number of tetrazole rings is 1. The van der Waals surface area contributed by atoms with E-state index in [4.69, 9.17) is 23.8 Å². The van der Waals surface area contributed by atoms with Gasteiger partial charge < -0.3 is 0 Å². The lowest BCUT2D eigenvalue weighted by Crippen LogP contribution is -2.24. The Morgan fingerprint density at radius 1 is 1.35 bits per heavy atom. The van der Waals surface area contributed by atoms with Crippen molar-refractivity contribution in [2.24, 2.45) is 0 Å². The molecule has 1 aromatic carbocycles. The van der Waals surface area contributed by atoms with Crippen LogP contribution in [0, 0.1) is 4.77 Å². The third-order valence-corrected chi connectivity index (χ3v) is 4.60. The van der Waals surface area contributed by atoms with Gasteiger partial charge in [-0.05, 0) is 41.7 Å². The molecule has 4 aromatic rings. The first-order chi connectivity index (χ1) is 12.6. The van der Waals surface area contributed by atoms with Crippen LogP contribution in [0.1, 0.15) is 16.2 Å². The van der Waals surface area contributed by atoms with Crippen molar-refractivity contribution < 1.29 is 4.79 Å². The van der Waals surface area contributed by atoms with Crippen molar-refractivity contribution in [3.8, 4) is 0 Å². The lowest BCUT2D eigenvalue weighted by molar-refractivity contribution is 0.101. The van der Waals surface area contributed by atoms with E-state index in [9.17, 15) is 4.79 Å². The number of halogens is 1. The number of hydrogen-bond acceptors (Lipinski definition) is 8. The SMILES string of the molecule is O=C(Nn1c(CSc2nc3nn[nH]n3n2)n[nH]c1=S)c1ccc(Cl)cc1. The number of benzene rings is 1. The molecule has 14 heteroatoms. The van der Waals surface area contributed by atoms with E-state index >= 15 is 0 Å². The molecule has 0 saturated carbocycles. The minimum atomic E-state index is -0.339. The van der Waals surface area contributed by atoms with Gasteiger partial charge in [0.05, 0.1) is 5.75 Å². The highest BCUT2D eigenvalue weighted by Crippen LogP contribution is 2.18. The summed E-state index contributed by atoms with van der Waals surface area (Å²) < 4.78 is 3.02. The third kappa shape index (κ3) is 3.31. The monoisotopic (exact) mass is 408 g/mol. The number of amides is 1. The molecule has 4 rings (SSSR count). The summed E-state index contributed by atoms with van der Waals surface area (Å²) in [4.78, 5) is 16.5. The van der Waals surface area contributed by atoms with Crippen molar-refractivity contribution >= 4 is 47.3 Å². The molecule has 3 aromatic heterocycles. The van der Waals surface area contributed by atoms with Gasteiger partial charge in [-0.3, -0.25) is 15.3 Å². The molecule has 0 unspecified atom stereocenters. The number of hydrogen-bond donors (Lipinski definition) is 3. The summed E-state index contributed by atoms with van der Waals surface area (Å²) in [5.74, 6) is 0.901. The molecule has 0 atom stereocenters. The Morgan fingerprint density at radius 3 is 2.92 bits per heavy atom. The van der Waals surface area contributed by atoms with E-state index in [1.165, 1.54) is 21.1 Å². The van der Waals surface area contributed by atoms with Gasteiger partial charge in [-0.25, -0.2) is 4.68 Å². The number of fused-ring (bicyclic) bond motifs is 1. The van der Waals surface area contributed by atoms with Crippen molar-refractivity contribution in [2.75, 3.05) is 5.43 Å². The normalized spacial score (nSPS) is 11.1. The van der Waals surface area contributed by atoms with Gasteiger partial charge in [-0.1, -0.05) is 28.5 Å². The zero-order valence-electron chi connectivity index (χ0n) is 12.7. The zero-order chi connectivity index (χ0) is 18.1. The predicted molar refractivity (Wildman–Crippen MR) is 95.0 cm³/mol. The van der Waals surface area contributed by atoms with Crippen molar-refractivity contribution in [3.05, 3.63) is 45.4 Å². The van der Waals surface area contributed by atoms with Gasteiger partial charge in [-0.2, -0.15) is 15.3 Å². The van der Waals surface area contributed by atoms with Crippen LogP contribution in [-0.2, 0) is 5.75 Å². The molecule has 0 saturated heterocycles. The maximum absolute atomic E-state index is 12.4. The molecule has 132 valence electrons. The second kappa shape index (κ2) is 6.86. The second-order valence-corrected chi connectivity index (χ2v) is 6.69. The van der Waals surface area contributed by atoms with Crippen LogP contribution in [-0.4, -0.2) is 51.0 Å². The Labute approximate surface area is 159 Å². The van der Waals surface area contributed by atoms with Crippen LogP contribution in [0.2, 0.25) is 5.02 Å². The molecule has 3 heterocycles. The summed E-state index contributed by atoms with van der Waals surface area (Å²) in [5.41, 5.74) is 3.15. The van der Waals surface area contributed by atoms with Crippen LogP contribution in [0.5, 0.6) is 0 Å². The predicted octanol–water partition coefficient (Wildman–Crippen LogP) is 1.43. The largest absolute Gasteiger partial charge is 0.291 e. The van der Waals surface area contributed by atoms with Crippen LogP contribution < -0.4 is 5.43 Å². The van der Waals surface area contributed by atoms with E-state index < -0.39 is 0 Å². The Hall–Kier alpha value is -2.77. The van der Waals surface area contributed by atoms with Gasteiger partial charge in [0.25, 0.3) is 11.7 Å². The molecular formula is C12H9ClN10OS2. The van der Waals surface area contributed by atoms with Crippen LogP contribution in [0.3, 0.4) is 0 Å². The molecule has 0 aliphatic carbocycles. The van der Waals surface area contributed by atoms with Crippen LogP contribution in [0.25, 0.3) is 5.78 Å². The van der Waals surface area contributed by atoms with E-state index in [0.717, 1.165) is 0 Å². The lowest BCUT2D eigenvalue weighted by atomic mass is 10.2. The van der Waals surface area contributed by atoms with Crippen molar-refractivity contribution in [3.63, 3.8) is 0 Å². The molecular weight excluding hydrogens is 400 g/mol. The second-order valence-electron chi connectivity index (χ2n) is 4.92. The Kier molecular flexibility index (Phi) is 4.40. The number of H-pyrrole nitrogens is 2. The minimum Gasteiger partial charge on any atom is -0.267 e. The fraction of sp³-hybridized carbons (Fsp3) is 0.0833. The molecule has 0 fully saturated rings. The highest BCUT2D eigenvalue weighted by molar-refractivity contribution is 7.98. The summed E-state index contributed by atoms with van der Waals surface area (Å²) in [6, 6.07) is 6.51. The summed E-state index contributed by atoms with van der Waals surface area (Å²) >= 11 is 12.3. The zero-order valence-corrected chi connectivity index (χ0v) is 15.1. The van der Waals surface area contributed by atoms with Gasteiger partial charge in [0.2, 0.25) is 9.93 Å². The van der Waals surface area contributed by atoms with Crippen LogP contribution in [0.15, 0.2) is 29.4 Å². The molecule has 1 amide bonds. The molecule has 0 spiro atoms. The molecule has 26 heavy (non-hydrogen) atoms. The van der Waals surface area contributed by atoms with Crippen molar-refractivity contribution in [1.82, 2.24) is 45.1 Å². The number of aromatic amines is 2. The average Bonchev–Trinajstić information content (AvgIpc) is 3.30. The molecule has 0 aliphatic rings. The maximum atomic E-state index is 12.4. The van der Waals surface area contributed by atoms with Gasteiger partial charge >= 0.3 is 0 Å². The van der Waals surface area contributed by atoms with Gasteiger partial charge in [0.15, 0.2) is 5.82 Å². The Balaban J connectivity index is 1.49. The number of nitrogens with zero attached hydrogens (tertiary/aromatic N) is 7. The van der Waals surface area contributed by atoms with E-state index in [1.54, 1.807) is 24.3 Å². The highest BCUT2D eigenvalue weighted by Gasteiger charge is 2.14. The summed E-state index contributed by atoms with van der Waals surface area (Å²) in [5, 5.41) is 21.8. The van der Waals surface area contributed by atoms with Crippen molar-refractivity contribution in [2.45, 2.75) is 10.9 Å². The first-order valence-electron chi connectivity index (χ1n) is 7.10. The molecule has 0 aliphatic heterocycles. The molecule has 0 radical (unpaired) electrons. The number of thioether (sulfide) groups is 1. The molecule has 3 N–H and O–H groups in total. The molecule has 0 bridgehead atoms. The fourth-order valence-corrected chi connectivity index (χ4v) is 3.09. The smallest absolute Gasteiger partial charge is 0.267 e. The number of carbonyl (C=O) groups excluding carboxylic acids is 1. The summed E-state index contributed by atoms with van der Waals surface area (Å²) in [6.45, 7) is 0. The topological polar surface area (TPSA) is 134 Å². The standard InChI is InChI=1S/C12H9ClN10OS2/c13-7-3-1-6(2-4-7)9(24)18-22-8(15-17-12(22)25)5-26-11-14-10-16-20-21-23(10)19-11/h1-4H,5H2,(H,17,25)(H,18,24)(H,14,16,19,21). The number of aromatic nitrogens is 9. The van der Waals surface area contributed by atoms with Crippen LogP contribution >= 0.6 is 35.6 Å². The quantitative estimate of drug-likeness (QED) is 0.333. The Bertz CT molecular complexity index is 1100. The summed E-state index contributed by atoms with van der Waals surface area (Å²) in [7, 11) is 0. The minimum absolute atomic E-state index is 0.263. The highest BCUT2D eigenvalue weighted by atomic mass is 35.5. The molecule has 11 nitrogen and oxygen atoms in total. The van der Waals surface area contributed by atoms with Gasteiger partial charge in [-0.15, -0.1) is 9.73 Å². The lowest BCUT2D eigenvalue weighted by Gasteiger charge is -2.08. The number of nitrogens with one attached hydrogen (secondary N) is 3. The first kappa shape index (κ1) is 16.7. The fourth-order valence-electron chi connectivity index (χ4n) is 2.03. The average molecular weight is 409 g/mol. The number of rotatable bonds is 5.